The summed E-state index contributed by atoms with van der Waals surface area (Å²) in [5, 5.41) is 0.601. The number of alkyl halides is 2. The number of benzene rings is 1. The molecule has 1 aromatic carbocycles. The first-order chi connectivity index (χ1) is 12.9. The van der Waals surface area contributed by atoms with Gasteiger partial charge in [0.15, 0.2) is 28.2 Å². The number of aromatic nitrogens is 3. The summed E-state index contributed by atoms with van der Waals surface area (Å²) in [4.78, 5) is 11.9. The third kappa shape index (κ3) is 3.20. The van der Waals surface area contributed by atoms with Crippen LogP contribution in [0.4, 0.5) is 8.78 Å². The van der Waals surface area contributed by atoms with Crippen molar-refractivity contribution in [2.24, 2.45) is 0 Å². The topological polar surface area (TPSA) is 78.5 Å². The van der Waals surface area contributed by atoms with Crippen LogP contribution in [0.15, 0.2) is 23.5 Å². The van der Waals surface area contributed by atoms with E-state index in [1.165, 1.54) is 23.9 Å². The van der Waals surface area contributed by atoms with E-state index in [1.807, 2.05) is 6.92 Å². The lowest BCUT2D eigenvalue weighted by Crippen LogP contribution is -2.25. The highest BCUT2D eigenvalue weighted by Gasteiger charge is 2.43. The Kier molecular flexibility index (Phi) is 4.22. The van der Waals surface area contributed by atoms with Gasteiger partial charge in [-0.1, -0.05) is 11.8 Å². The van der Waals surface area contributed by atoms with E-state index in [9.17, 15) is 8.78 Å². The lowest BCUT2D eigenvalue weighted by molar-refractivity contribution is -0.286. The molecule has 3 aromatic rings. The molecule has 0 saturated heterocycles. The number of H-pyrrole nitrogens is 1. The molecule has 10 heteroatoms. The number of hydrogen-bond acceptors (Lipinski definition) is 7. The molecule has 4 rings (SSSR count). The zero-order chi connectivity index (χ0) is 19.2. The van der Waals surface area contributed by atoms with Crippen molar-refractivity contribution in [2.45, 2.75) is 24.1 Å². The van der Waals surface area contributed by atoms with Crippen molar-refractivity contribution in [1.82, 2.24) is 15.0 Å². The number of aryl methyl sites for hydroxylation is 1. The van der Waals surface area contributed by atoms with Crippen LogP contribution in [0.3, 0.4) is 0 Å². The molecule has 3 heterocycles. The Labute approximate surface area is 157 Å². The van der Waals surface area contributed by atoms with Gasteiger partial charge in [0.1, 0.15) is 0 Å². The minimum atomic E-state index is -3.65. The predicted octanol–water partition coefficient (Wildman–Crippen LogP) is 3.90. The SMILES string of the molecule is COc1c(C)cnc(CSc2nc3cc4c(cc3[nH]2)OC(F)(F)O4)c1OC. The zero-order valence-electron chi connectivity index (χ0n) is 14.6. The van der Waals surface area contributed by atoms with Gasteiger partial charge in [0, 0.05) is 29.6 Å². The quantitative estimate of drug-likeness (QED) is 0.657. The maximum Gasteiger partial charge on any atom is 0.586 e. The first kappa shape index (κ1) is 17.7. The molecule has 2 aromatic heterocycles. The monoisotopic (exact) mass is 395 g/mol. The van der Waals surface area contributed by atoms with Crippen LogP contribution < -0.4 is 18.9 Å². The highest BCUT2D eigenvalue weighted by Crippen LogP contribution is 2.43. The highest BCUT2D eigenvalue weighted by molar-refractivity contribution is 7.98. The molecule has 0 atom stereocenters. The van der Waals surface area contributed by atoms with E-state index >= 15 is 0 Å². The van der Waals surface area contributed by atoms with Gasteiger partial charge in [-0.05, 0) is 6.92 Å². The van der Waals surface area contributed by atoms with Gasteiger partial charge in [0.25, 0.3) is 0 Å². The third-order valence-electron chi connectivity index (χ3n) is 3.98. The van der Waals surface area contributed by atoms with E-state index in [-0.39, 0.29) is 11.5 Å². The van der Waals surface area contributed by atoms with Crippen LogP contribution >= 0.6 is 11.8 Å². The molecule has 27 heavy (non-hydrogen) atoms. The molecule has 0 saturated carbocycles. The van der Waals surface area contributed by atoms with Gasteiger partial charge in [-0.3, -0.25) is 4.98 Å². The Morgan fingerprint density at radius 1 is 1.15 bits per heavy atom. The van der Waals surface area contributed by atoms with Crippen molar-refractivity contribution < 1.29 is 27.7 Å². The molecule has 0 fully saturated rings. The second-order valence-electron chi connectivity index (χ2n) is 5.77. The second kappa shape index (κ2) is 6.45. The molecule has 1 N–H and O–H groups in total. The fraction of sp³-hybridized carbons (Fsp3) is 0.294. The summed E-state index contributed by atoms with van der Waals surface area (Å²) < 4.78 is 46.0. The van der Waals surface area contributed by atoms with E-state index in [2.05, 4.69) is 24.4 Å². The Balaban J connectivity index is 1.57. The summed E-state index contributed by atoms with van der Waals surface area (Å²) in [7, 11) is 3.14. The minimum absolute atomic E-state index is 0.0284. The molecule has 0 bridgehead atoms. The largest absolute Gasteiger partial charge is 0.586 e. The van der Waals surface area contributed by atoms with Gasteiger partial charge in [-0.2, -0.15) is 0 Å². The number of methoxy groups -OCH3 is 2. The van der Waals surface area contributed by atoms with Gasteiger partial charge in [-0.15, -0.1) is 8.78 Å². The Bertz CT molecular complexity index is 980. The molecule has 7 nitrogen and oxygen atoms in total. The Hall–Kier alpha value is -2.75. The third-order valence-corrected chi connectivity index (χ3v) is 4.86. The number of fused-ring (bicyclic) bond motifs is 2. The number of ether oxygens (including phenoxy) is 4. The van der Waals surface area contributed by atoms with E-state index < -0.39 is 6.29 Å². The molecule has 0 amide bonds. The molecule has 1 aliphatic heterocycles. The number of pyridine rings is 1. The number of nitrogens with one attached hydrogen (secondary N) is 1. The van der Waals surface area contributed by atoms with E-state index in [4.69, 9.17) is 9.47 Å². The lowest BCUT2D eigenvalue weighted by atomic mass is 10.2. The number of halogens is 2. The number of aromatic amines is 1. The molecular weight excluding hydrogens is 380 g/mol. The van der Waals surface area contributed by atoms with Crippen molar-refractivity contribution in [3.63, 3.8) is 0 Å². The highest BCUT2D eigenvalue weighted by atomic mass is 32.2. The van der Waals surface area contributed by atoms with Crippen LogP contribution in [-0.4, -0.2) is 35.5 Å². The number of rotatable bonds is 5. The van der Waals surface area contributed by atoms with Crippen LogP contribution in [0.2, 0.25) is 0 Å². The molecule has 1 aliphatic rings. The molecule has 0 spiro atoms. The van der Waals surface area contributed by atoms with Crippen molar-refractivity contribution in [2.75, 3.05) is 14.2 Å². The number of nitrogens with zero attached hydrogens (tertiary/aromatic N) is 2. The van der Waals surface area contributed by atoms with Crippen LogP contribution in [-0.2, 0) is 5.75 Å². The van der Waals surface area contributed by atoms with Crippen LogP contribution in [0.25, 0.3) is 11.0 Å². The van der Waals surface area contributed by atoms with Gasteiger partial charge in [0.05, 0.1) is 30.9 Å². The maximum absolute atomic E-state index is 13.1. The molecule has 0 aliphatic carbocycles. The summed E-state index contributed by atoms with van der Waals surface area (Å²) in [6.45, 7) is 1.89. The first-order valence-electron chi connectivity index (χ1n) is 7.89. The minimum Gasteiger partial charge on any atom is -0.492 e. The normalized spacial score (nSPS) is 14.6. The summed E-state index contributed by atoms with van der Waals surface area (Å²) in [6, 6.07) is 2.86. The second-order valence-corrected chi connectivity index (χ2v) is 6.73. The molecule has 0 unspecified atom stereocenters. The molecule has 0 radical (unpaired) electrons. The maximum atomic E-state index is 13.1. The van der Waals surface area contributed by atoms with Gasteiger partial charge in [-0.25, -0.2) is 4.98 Å². The van der Waals surface area contributed by atoms with Crippen LogP contribution in [0.1, 0.15) is 11.3 Å². The Morgan fingerprint density at radius 2 is 1.85 bits per heavy atom. The van der Waals surface area contributed by atoms with Gasteiger partial charge >= 0.3 is 6.29 Å². The number of imidazole rings is 1. The number of thioether (sulfide) groups is 1. The summed E-state index contributed by atoms with van der Waals surface area (Å²) in [5.41, 5.74) is 2.65. The predicted molar refractivity (Wildman–Crippen MR) is 93.9 cm³/mol. The van der Waals surface area contributed by atoms with Gasteiger partial charge < -0.3 is 23.9 Å². The average Bonchev–Trinajstić information content (AvgIpc) is 3.14. The summed E-state index contributed by atoms with van der Waals surface area (Å²) in [5.74, 6) is 1.62. The van der Waals surface area contributed by atoms with Crippen LogP contribution in [0, 0.1) is 6.92 Å². The van der Waals surface area contributed by atoms with Crippen LogP contribution in [0.5, 0.6) is 23.0 Å². The zero-order valence-corrected chi connectivity index (χ0v) is 15.4. The fourth-order valence-electron chi connectivity index (χ4n) is 2.80. The van der Waals surface area contributed by atoms with Crippen molar-refractivity contribution in [3.8, 4) is 23.0 Å². The van der Waals surface area contributed by atoms with E-state index in [0.717, 1.165) is 5.56 Å². The first-order valence-corrected chi connectivity index (χ1v) is 8.87. The smallest absolute Gasteiger partial charge is 0.492 e. The summed E-state index contributed by atoms with van der Waals surface area (Å²) in [6.07, 6.45) is -1.93. The van der Waals surface area contributed by atoms with E-state index in [1.54, 1.807) is 20.4 Å². The van der Waals surface area contributed by atoms with Crippen molar-refractivity contribution in [1.29, 1.82) is 0 Å². The van der Waals surface area contributed by atoms with Crippen molar-refractivity contribution >= 4 is 22.8 Å². The Morgan fingerprint density at radius 3 is 2.56 bits per heavy atom. The average molecular weight is 395 g/mol. The van der Waals surface area contributed by atoms with Gasteiger partial charge in [0.2, 0.25) is 0 Å². The standard InChI is InChI=1S/C17H15F2N3O4S/c1-8-6-20-11(15(24-3)14(8)23-2)7-27-16-21-9-4-12-13(5-10(9)22-16)26-17(18,19)25-12/h4-6H,7H2,1-3H3,(H,21,22). The fourth-order valence-corrected chi connectivity index (χ4v) is 3.63. The lowest BCUT2D eigenvalue weighted by Gasteiger charge is -2.13. The van der Waals surface area contributed by atoms with E-state index in [0.29, 0.717) is 39.1 Å². The number of hydrogen-bond donors (Lipinski definition) is 1. The van der Waals surface area contributed by atoms with Crippen molar-refractivity contribution in [3.05, 3.63) is 29.6 Å². The molecular formula is C17H15F2N3O4S. The molecule has 142 valence electrons. The summed E-state index contributed by atoms with van der Waals surface area (Å²) >= 11 is 1.40.